The number of nitrogens with one attached hydrogen (secondary N) is 1. The fraction of sp³-hybridized carbons (Fsp3) is 0.357. The van der Waals surface area contributed by atoms with Crippen molar-refractivity contribution in [2.75, 3.05) is 5.32 Å². The first kappa shape index (κ1) is 16.0. The molecule has 0 aliphatic rings. The number of hydrogen-bond donors (Lipinski definition) is 2. The number of rotatable bonds is 1. The molecule has 1 aromatic heterocycles. The molecule has 5 nitrogen and oxygen atoms in total. The summed E-state index contributed by atoms with van der Waals surface area (Å²) in [5.41, 5.74) is -1.58. The van der Waals surface area contributed by atoms with Crippen LogP contribution in [0.2, 0.25) is 0 Å². The first-order valence-corrected chi connectivity index (χ1v) is 6.38. The lowest BCUT2D eigenvalue weighted by Gasteiger charge is -2.19. The predicted octanol–water partition coefficient (Wildman–Crippen LogP) is 4.04. The van der Waals surface area contributed by atoms with Crippen molar-refractivity contribution in [1.29, 1.82) is 0 Å². The minimum Gasteiger partial charge on any atom is -0.465 e. The Hall–Kier alpha value is -2.38. The first-order valence-electron chi connectivity index (χ1n) is 6.38. The fourth-order valence-corrected chi connectivity index (χ4v) is 1.88. The zero-order chi connectivity index (χ0) is 16.7. The number of fused-ring (bicyclic) bond motifs is 1. The molecule has 2 N–H and O–H groups in total. The third-order valence-corrected chi connectivity index (χ3v) is 2.89. The summed E-state index contributed by atoms with van der Waals surface area (Å²) in [7, 11) is 0. The SMILES string of the molecule is CC(C)(C)c1nc(C(F)(F)F)c2cc(NC(=O)O)ccc2n1. The van der Waals surface area contributed by atoms with E-state index in [4.69, 9.17) is 5.11 Å². The van der Waals surface area contributed by atoms with Crippen molar-refractivity contribution >= 4 is 22.7 Å². The lowest BCUT2D eigenvalue weighted by atomic mass is 9.95. The number of carboxylic acid groups (broad SMARTS) is 1. The van der Waals surface area contributed by atoms with Gasteiger partial charge in [0.05, 0.1) is 5.52 Å². The number of halogens is 3. The fourth-order valence-electron chi connectivity index (χ4n) is 1.88. The van der Waals surface area contributed by atoms with E-state index in [1.54, 1.807) is 20.8 Å². The molecule has 2 aromatic rings. The summed E-state index contributed by atoms with van der Waals surface area (Å²) in [6.07, 6.45) is -6.02. The van der Waals surface area contributed by atoms with E-state index in [1.165, 1.54) is 12.1 Å². The zero-order valence-electron chi connectivity index (χ0n) is 12.1. The van der Waals surface area contributed by atoms with Gasteiger partial charge in [-0.1, -0.05) is 20.8 Å². The number of carbonyl (C=O) groups is 1. The Morgan fingerprint density at radius 1 is 1.18 bits per heavy atom. The van der Waals surface area contributed by atoms with E-state index < -0.39 is 23.4 Å². The summed E-state index contributed by atoms with van der Waals surface area (Å²) in [6.45, 7) is 5.15. The van der Waals surface area contributed by atoms with Crippen LogP contribution in [0, 0.1) is 0 Å². The summed E-state index contributed by atoms with van der Waals surface area (Å²) in [6, 6.07) is 3.78. The van der Waals surface area contributed by atoms with Gasteiger partial charge < -0.3 is 5.11 Å². The third-order valence-electron chi connectivity index (χ3n) is 2.89. The van der Waals surface area contributed by atoms with Gasteiger partial charge >= 0.3 is 12.3 Å². The molecule has 0 fully saturated rings. The number of alkyl halides is 3. The van der Waals surface area contributed by atoms with Crippen LogP contribution in [0.25, 0.3) is 10.9 Å². The molecule has 1 heterocycles. The van der Waals surface area contributed by atoms with Gasteiger partial charge in [-0.3, -0.25) is 5.32 Å². The van der Waals surface area contributed by atoms with Crippen LogP contribution in [0.4, 0.5) is 23.7 Å². The van der Waals surface area contributed by atoms with Crippen LogP contribution in [0.3, 0.4) is 0 Å². The molecule has 0 atom stereocenters. The highest BCUT2D eigenvalue weighted by atomic mass is 19.4. The first-order chi connectivity index (χ1) is 9.98. The number of hydrogen-bond acceptors (Lipinski definition) is 3. The average molecular weight is 313 g/mol. The Labute approximate surface area is 124 Å². The van der Waals surface area contributed by atoms with Gasteiger partial charge in [-0.05, 0) is 18.2 Å². The summed E-state index contributed by atoms with van der Waals surface area (Å²) < 4.78 is 39.8. The second-order valence-electron chi connectivity index (χ2n) is 5.81. The van der Waals surface area contributed by atoms with E-state index >= 15 is 0 Å². The maximum Gasteiger partial charge on any atom is 0.434 e. The molecule has 1 amide bonds. The van der Waals surface area contributed by atoms with Gasteiger partial charge in [-0.15, -0.1) is 0 Å². The normalized spacial score (nSPS) is 12.5. The Balaban J connectivity index is 2.74. The molecular formula is C14H14F3N3O2. The average Bonchev–Trinajstić information content (AvgIpc) is 2.34. The van der Waals surface area contributed by atoms with E-state index in [9.17, 15) is 18.0 Å². The molecule has 0 bridgehead atoms. The van der Waals surface area contributed by atoms with Gasteiger partial charge in [-0.25, -0.2) is 14.8 Å². The minimum absolute atomic E-state index is 0.0256. The largest absolute Gasteiger partial charge is 0.465 e. The number of anilines is 1. The second-order valence-corrected chi connectivity index (χ2v) is 5.81. The molecule has 0 saturated heterocycles. The highest BCUT2D eigenvalue weighted by Crippen LogP contribution is 2.35. The highest BCUT2D eigenvalue weighted by Gasteiger charge is 2.36. The summed E-state index contributed by atoms with van der Waals surface area (Å²) in [5.74, 6) is 0.0752. The van der Waals surface area contributed by atoms with E-state index in [0.29, 0.717) is 0 Å². The number of amides is 1. The van der Waals surface area contributed by atoms with Crippen molar-refractivity contribution < 1.29 is 23.1 Å². The van der Waals surface area contributed by atoms with Crippen LogP contribution in [0.1, 0.15) is 32.3 Å². The quantitative estimate of drug-likeness (QED) is 0.833. The van der Waals surface area contributed by atoms with Crippen molar-refractivity contribution in [3.05, 3.63) is 29.7 Å². The molecule has 8 heteroatoms. The van der Waals surface area contributed by atoms with Gasteiger partial charge in [-0.2, -0.15) is 13.2 Å². The molecular weight excluding hydrogens is 299 g/mol. The zero-order valence-corrected chi connectivity index (χ0v) is 12.1. The van der Waals surface area contributed by atoms with Crippen LogP contribution >= 0.6 is 0 Å². The summed E-state index contributed by atoms with van der Waals surface area (Å²) in [5, 5.41) is 10.4. The molecule has 2 rings (SSSR count). The Morgan fingerprint density at radius 2 is 1.82 bits per heavy atom. The molecule has 22 heavy (non-hydrogen) atoms. The Bertz CT molecular complexity index is 736. The maximum absolute atomic E-state index is 13.3. The summed E-state index contributed by atoms with van der Waals surface area (Å²) in [4.78, 5) is 18.4. The standard InChI is InChI=1S/C14H14F3N3O2/c1-13(2,3)11-19-9-5-4-7(18-12(21)22)6-8(9)10(20-11)14(15,16)17/h4-6,18H,1-3H3,(H,21,22). The smallest absolute Gasteiger partial charge is 0.434 e. The molecule has 0 aliphatic heterocycles. The number of aromatic nitrogens is 2. The van der Waals surface area contributed by atoms with Gasteiger partial charge in [0.1, 0.15) is 5.82 Å². The Morgan fingerprint density at radius 3 is 2.32 bits per heavy atom. The number of nitrogens with zero attached hydrogens (tertiary/aromatic N) is 2. The van der Waals surface area contributed by atoms with Crippen LogP contribution in [-0.2, 0) is 11.6 Å². The molecule has 0 aliphatic carbocycles. The molecule has 0 saturated carbocycles. The molecule has 0 spiro atoms. The molecule has 1 aromatic carbocycles. The van der Waals surface area contributed by atoms with Crippen LogP contribution < -0.4 is 5.32 Å². The van der Waals surface area contributed by atoms with Gasteiger partial charge in [0, 0.05) is 16.5 Å². The monoisotopic (exact) mass is 313 g/mol. The predicted molar refractivity (Wildman–Crippen MR) is 74.9 cm³/mol. The maximum atomic E-state index is 13.3. The molecule has 0 unspecified atom stereocenters. The van der Waals surface area contributed by atoms with Crippen LogP contribution in [0.15, 0.2) is 18.2 Å². The van der Waals surface area contributed by atoms with Crippen molar-refractivity contribution in [2.45, 2.75) is 32.4 Å². The van der Waals surface area contributed by atoms with Crippen LogP contribution in [0.5, 0.6) is 0 Å². The lowest BCUT2D eigenvalue weighted by molar-refractivity contribution is -0.140. The molecule has 0 radical (unpaired) electrons. The van der Waals surface area contributed by atoms with Crippen molar-refractivity contribution in [1.82, 2.24) is 9.97 Å². The van der Waals surface area contributed by atoms with Crippen LogP contribution in [-0.4, -0.2) is 21.2 Å². The van der Waals surface area contributed by atoms with Gasteiger partial charge in [0.25, 0.3) is 0 Å². The van der Waals surface area contributed by atoms with Gasteiger partial charge in [0.15, 0.2) is 5.69 Å². The van der Waals surface area contributed by atoms with Crippen molar-refractivity contribution in [2.24, 2.45) is 0 Å². The van der Waals surface area contributed by atoms with Crippen molar-refractivity contribution in [3.8, 4) is 0 Å². The van der Waals surface area contributed by atoms with Gasteiger partial charge in [0.2, 0.25) is 0 Å². The minimum atomic E-state index is -4.66. The second kappa shape index (κ2) is 5.11. The third kappa shape index (κ3) is 3.26. The van der Waals surface area contributed by atoms with E-state index in [-0.39, 0.29) is 22.4 Å². The van der Waals surface area contributed by atoms with E-state index in [0.717, 1.165) is 6.07 Å². The Kier molecular flexibility index (Phi) is 3.72. The number of benzene rings is 1. The highest BCUT2D eigenvalue weighted by molar-refractivity contribution is 5.90. The van der Waals surface area contributed by atoms with Crippen molar-refractivity contribution in [3.63, 3.8) is 0 Å². The molecule has 118 valence electrons. The lowest BCUT2D eigenvalue weighted by Crippen LogP contribution is -2.20. The summed E-state index contributed by atoms with van der Waals surface area (Å²) >= 11 is 0. The van der Waals surface area contributed by atoms with E-state index in [2.05, 4.69) is 9.97 Å². The van der Waals surface area contributed by atoms with E-state index in [1.807, 2.05) is 5.32 Å². The topological polar surface area (TPSA) is 75.1 Å².